The van der Waals surface area contributed by atoms with E-state index in [-0.39, 0.29) is 5.22 Å². The number of hydrogen-bond donors (Lipinski definition) is 1. The first-order valence-electron chi connectivity index (χ1n) is 5.12. The van der Waals surface area contributed by atoms with E-state index in [1.54, 1.807) is 25.1 Å². The molecular weight excluding hydrogens is 238 g/mol. The Morgan fingerprint density at radius 1 is 1.65 bits per heavy atom. The topological polar surface area (TPSA) is 92.9 Å². The van der Waals surface area contributed by atoms with Crippen LogP contribution in [0.3, 0.4) is 0 Å². The average Bonchev–Trinajstić information content (AvgIpc) is 2.73. The number of nitrogens with zero attached hydrogens (tertiary/aromatic N) is 2. The number of nitriles is 1. The van der Waals surface area contributed by atoms with E-state index in [4.69, 9.17) is 15.4 Å². The van der Waals surface area contributed by atoms with E-state index in [0.717, 1.165) is 0 Å². The molecule has 0 saturated heterocycles. The highest BCUT2D eigenvalue weighted by Gasteiger charge is 2.21. The first-order valence-corrected chi connectivity index (χ1v) is 6.33. The van der Waals surface area contributed by atoms with Crippen molar-refractivity contribution in [3.05, 3.63) is 18.2 Å². The highest BCUT2D eigenvalue weighted by Crippen LogP contribution is 2.22. The van der Waals surface area contributed by atoms with Gasteiger partial charge in [-0.05, 0) is 18.6 Å². The second kappa shape index (κ2) is 4.55. The standard InChI is InChI=1S/C11H11N3O2S/c1-2-8(6-12)17(15)11-14-9-4-3-7(13)5-10(9)16-11/h3-5,8H,2,13H2,1H3. The summed E-state index contributed by atoms with van der Waals surface area (Å²) in [6.45, 7) is 1.80. The van der Waals surface area contributed by atoms with E-state index in [1.165, 1.54) is 0 Å². The summed E-state index contributed by atoms with van der Waals surface area (Å²) in [6.07, 6.45) is 0.490. The van der Waals surface area contributed by atoms with Gasteiger partial charge in [0.25, 0.3) is 5.22 Å². The second-order valence-corrected chi connectivity index (χ2v) is 5.04. The van der Waals surface area contributed by atoms with Gasteiger partial charge in [-0.15, -0.1) is 0 Å². The van der Waals surface area contributed by atoms with Gasteiger partial charge in [0, 0.05) is 11.8 Å². The Labute approximate surface area is 101 Å². The van der Waals surface area contributed by atoms with Crippen LogP contribution in [-0.2, 0) is 10.8 Å². The van der Waals surface area contributed by atoms with Gasteiger partial charge in [-0.3, -0.25) is 0 Å². The number of rotatable bonds is 3. The molecule has 1 heterocycles. The van der Waals surface area contributed by atoms with Gasteiger partial charge in [-0.25, -0.2) is 9.19 Å². The summed E-state index contributed by atoms with van der Waals surface area (Å²) in [7, 11) is -1.54. The average molecular weight is 249 g/mol. The summed E-state index contributed by atoms with van der Waals surface area (Å²) >= 11 is 0. The fourth-order valence-corrected chi connectivity index (χ4v) is 2.42. The van der Waals surface area contributed by atoms with E-state index < -0.39 is 16.0 Å². The Hall–Kier alpha value is -1.87. The van der Waals surface area contributed by atoms with Gasteiger partial charge in [0.2, 0.25) is 0 Å². The molecule has 2 atom stereocenters. The molecule has 0 saturated carbocycles. The molecule has 2 N–H and O–H groups in total. The Morgan fingerprint density at radius 3 is 3.06 bits per heavy atom. The van der Waals surface area contributed by atoms with E-state index in [9.17, 15) is 4.21 Å². The zero-order valence-electron chi connectivity index (χ0n) is 9.21. The molecule has 0 bridgehead atoms. The maximum Gasteiger partial charge on any atom is 0.289 e. The molecule has 0 spiro atoms. The molecule has 0 aliphatic carbocycles. The highest BCUT2D eigenvalue weighted by atomic mass is 32.2. The largest absolute Gasteiger partial charge is 0.430 e. The summed E-state index contributed by atoms with van der Waals surface area (Å²) in [4.78, 5) is 4.10. The van der Waals surface area contributed by atoms with Gasteiger partial charge in [0.1, 0.15) is 21.6 Å². The lowest BCUT2D eigenvalue weighted by Crippen LogP contribution is -2.11. The number of nitrogen functional groups attached to an aromatic ring is 1. The lowest BCUT2D eigenvalue weighted by Gasteiger charge is -2.00. The summed E-state index contributed by atoms with van der Waals surface area (Å²) in [5.74, 6) is 0. The number of nitrogens with two attached hydrogens (primary N) is 1. The van der Waals surface area contributed by atoms with Gasteiger partial charge >= 0.3 is 0 Å². The first-order chi connectivity index (χ1) is 8.15. The van der Waals surface area contributed by atoms with Gasteiger partial charge < -0.3 is 10.2 Å². The van der Waals surface area contributed by atoms with Crippen LogP contribution in [0.25, 0.3) is 11.1 Å². The minimum absolute atomic E-state index is 0.0824. The predicted molar refractivity (Wildman–Crippen MR) is 64.5 cm³/mol. The molecule has 1 aromatic carbocycles. The van der Waals surface area contributed by atoms with Crippen molar-refractivity contribution < 1.29 is 8.63 Å². The number of oxazole rings is 1. The third-order valence-electron chi connectivity index (χ3n) is 2.34. The van der Waals surface area contributed by atoms with Crippen molar-refractivity contribution >= 4 is 27.6 Å². The Bertz CT molecular complexity index is 615. The van der Waals surface area contributed by atoms with Crippen LogP contribution in [0.1, 0.15) is 13.3 Å². The molecule has 0 aliphatic rings. The number of aromatic nitrogens is 1. The minimum atomic E-state index is -1.54. The molecule has 0 radical (unpaired) electrons. The lowest BCUT2D eigenvalue weighted by molar-refractivity contribution is 0.476. The number of fused-ring (bicyclic) bond motifs is 1. The molecule has 2 aromatic rings. The monoisotopic (exact) mass is 249 g/mol. The Morgan fingerprint density at radius 2 is 2.41 bits per heavy atom. The third-order valence-corrected chi connectivity index (χ3v) is 3.81. The number of hydrogen-bond acceptors (Lipinski definition) is 5. The van der Waals surface area contributed by atoms with E-state index >= 15 is 0 Å². The van der Waals surface area contributed by atoms with Crippen molar-refractivity contribution in [1.29, 1.82) is 5.26 Å². The van der Waals surface area contributed by atoms with Crippen molar-refractivity contribution in [2.75, 3.05) is 5.73 Å². The molecule has 1 aromatic heterocycles. The van der Waals surface area contributed by atoms with E-state index in [2.05, 4.69) is 4.98 Å². The van der Waals surface area contributed by atoms with Crippen molar-refractivity contribution in [3.63, 3.8) is 0 Å². The molecule has 2 unspecified atom stereocenters. The quantitative estimate of drug-likeness (QED) is 0.837. The SMILES string of the molecule is CCC(C#N)S(=O)c1nc2ccc(N)cc2o1. The molecule has 17 heavy (non-hydrogen) atoms. The Balaban J connectivity index is 2.43. The zero-order valence-corrected chi connectivity index (χ0v) is 10.0. The van der Waals surface area contributed by atoms with Crippen LogP contribution in [0.5, 0.6) is 0 Å². The third kappa shape index (κ3) is 2.15. The molecular formula is C11H11N3O2S. The Kier molecular flexibility index (Phi) is 3.11. The fraction of sp³-hybridized carbons (Fsp3) is 0.273. The van der Waals surface area contributed by atoms with Crippen LogP contribution >= 0.6 is 0 Å². The van der Waals surface area contributed by atoms with Gasteiger partial charge in [-0.2, -0.15) is 5.26 Å². The van der Waals surface area contributed by atoms with Crippen LogP contribution in [-0.4, -0.2) is 14.4 Å². The van der Waals surface area contributed by atoms with Crippen LogP contribution in [0.2, 0.25) is 0 Å². The molecule has 0 fully saturated rings. The summed E-state index contributed by atoms with van der Waals surface area (Å²) in [5, 5.41) is 8.33. The smallest absolute Gasteiger partial charge is 0.289 e. The molecule has 88 valence electrons. The van der Waals surface area contributed by atoms with Gasteiger partial charge in [-0.1, -0.05) is 6.92 Å². The van der Waals surface area contributed by atoms with Gasteiger partial charge in [0.15, 0.2) is 5.58 Å². The molecule has 5 nitrogen and oxygen atoms in total. The molecule has 2 rings (SSSR count). The van der Waals surface area contributed by atoms with Crippen LogP contribution in [0, 0.1) is 11.3 Å². The molecule has 6 heteroatoms. The van der Waals surface area contributed by atoms with Crippen molar-refractivity contribution in [3.8, 4) is 6.07 Å². The maximum absolute atomic E-state index is 12.0. The lowest BCUT2D eigenvalue weighted by atomic mass is 10.3. The van der Waals surface area contributed by atoms with E-state index in [0.29, 0.717) is 23.2 Å². The zero-order chi connectivity index (χ0) is 12.4. The van der Waals surface area contributed by atoms with E-state index in [1.807, 2.05) is 6.07 Å². The summed E-state index contributed by atoms with van der Waals surface area (Å²) in [5.41, 5.74) is 7.24. The van der Waals surface area contributed by atoms with Crippen molar-refractivity contribution in [1.82, 2.24) is 4.98 Å². The maximum atomic E-state index is 12.0. The number of benzene rings is 1. The highest BCUT2D eigenvalue weighted by molar-refractivity contribution is 7.85. The van der Waals surface area contributed by atoms with Crippen molar-refractivity contribution in [2.45, 2.75) is 23.8 Å². The number of anilines is 1. The minimum Gasteiger partial charge on any atom is -0.430 e. The second-order valence-electron chi connectivity index (χ2n) is 3.53. The van der Waals surface area contributed by atoms with Crippen LogP contribution in [0.4, 0.5) is 5.69 Å². The molecule has 0 aliphatic heterocycles. The fourth-order valence-electron chi connectivity index (χ4n) is 1.42. The predicted octanol–water partition coefficient (Wildman–Crippen LogP) is 1.82. The van der Waals surface area contributed by atoms with Crippen molar-refractivity contribution in [2.24, 2.45) is 0 Å². The first kappa shape index (κ1) is 11.6. The normalized spacial score (nSPS) is 14.4. The van der Waals surface area contributed by atoms with Gasteiger partial charge in [0.05, 0.1) is 6.07 Å². The van der Waals surface area contributed by atoms with Crippen LogP contribution < -0.4 is 5.73 Å². The summed E-state index contributed by atoms with van der Waals surface area (Å²) in [6, 6.07) is 6.99. The molecule has 0 amide bonds. The summed E-state index contributed by atoms with van der Waals surface area (Å²) < 4.78 is 17.3. The van der Waals surface area contributed by atoms with Crippen LogP contribution in [0.15, 0.2) is 27.8 Å².